The van der Waals surface area contributed by atoms with Gasteiger partial charge >= 0.3 is 5.97 Å². The Hall–Kier alpha value is -2.62. The van der Waals surface area contributed by atoms with Crippen LogP contribution < -0.4 is 4.74 Å². The van der Waals surface area contributed by atoms with E-state index in [1.165, 1.54) is 18.2 Å². The Morgan fingerprint density at radius 3 is 2.91 bits per heavy atom. The average Bonchev–Trinajstić information content (AvgIpc) is 2.90. The summed E-state index contributed by atoms with van der Waals surface area (Å²) in [7, 11) is 0. The zero-order chi connectivity index (χ0) is 16.1. The summed E-state index contributed by atoms with van der Waals surface area (Å²) in [6.45, 7) is 1.59. The van der Waals surface area contributed by atoms with Gasteiger partial charge in [0.1, 0.15) is 11.5 Å². The van der Waals surface area contributed by atoms with E-state index < -0.39 is 10.9 Å². The van der Waals surface area contributed by atoms with Gasteiger partial charge in [0, 0.05) is 11.6 Å². The van der Waals surface area contributed by atoms with Crippen molar-refractivity contribution in [1.82, 2.24) is 10.2 Å². The molecule has 1 N–H and O–H groups in total. The van der Waals surface area contributed by atoms with Crippen molar-refractivity contribution in [1.29, 1.82) is 0 Å². The highest BCUT2D eigenvalue weighted by Crippen LogP contribution is 2.24. The SMILES string of the molecule is Cc1cc(OCc2nnc(SCC(=O)O)o2)ccc1[N+](=O)[O-]. The number of carbonyl (C=O) groups is 1. The molecule has 0 amide bonds. The van der Waals surface area contributed by atoms with E-state index in [4.69, 9.17) is 14.3 Å². The van der Waals surface area contributed by atoms with Gasteiger partial charge < -0.3 is 14.3 Å². The number of rotatable bonds is 7. The van der Waals surface area contributed by atoms with Crippen molar-refractivity contribution in [3.8, 4) is 5.75 Å². The van der Waals surface area contributed by atoms with Crippen molar-refractivity contribution in [2.75, 3.05) is 5.75 Å². The van der Waals surface area contributed by atoms with Crippen LogP contribution in [0.1, 0.15) is 11.5 Å². The Balaban J connectivity index is 1.94. The van der Waals surface area contributed by atoms with E-state index in [1.54, 1.807) is 6.92 Å². The molecule has 0 atom stereocenters. The van der Waals surface area contributed by atoms with Crippen LogP contribution >= 0.6 is 11.8 Å². The van der Waals surface area contributed by atoms with Crippen molar-refractivity contribution in [3.05, 3.63) is 39.8 Å². The van der Waals surface area contributed by atoms with Crippen LogP contribution in [-0.4, -0.2) is 31.9 Å². The van der Waals surface area contributed by atoms with Crippen molar-refractivity contribution >= 4 is 23.4 Å². The predicted molar refractivity (Wildman–Crippen MR) is 74.8 cm³/mol. The predicted octanol–water partition coefficient (Wildman–Crippen LogP) is 2.04. The highest BCUT2D eigenvalue weighted by atomic mass is 32.2. The molecule has 2 rings (SSSR count). The Bertz CT molecular complexity index is 702. The first-order chi connectivity index (χ1) is 10.5. The standard InChI is InChI=1S/C12H11N3O6S/c1-7-4-8(2-3-9(7)15(18)19)20-5-10-13-14-12(21-10)22-6-11(16)17/h2-4H,5-6H2,1H3,(H,16,17). The molecule has 0 fully saturated rings. The Morgan fingerprint density at radius 2 is 2.27 bits per heavy atom. The number of hydrogen-bond donors (Lipinski definition) is 1. The van der Waals surface area contributed by atoms with Crippen molar-refractivity contribution in [3.63, 3.8) is 0 Å². The maximum absolute atomic E-state index is 10.7. The topological polar surface area (TPSA) is 129 Å². The number of aromatic nitrogens is 2. The van der Waals surface area contributed by atoms with E-state index in [1.807, 2.05) is 0 Å². The molecule has 2 aromatic rings. The van der Waals surface area contributed by atoms with Gasteiger partial charge in [0.25, 0.3) is 16.8 Å². The van der Waals surface area contributed by atoms with Gasteiger partial charge in [-0.05, 0) is 19.1 Å². The average molecular weight is 325 g/mol. The summed E-state index contributed by atoms with van der Waals surface area (Å²) in [4.78, 5) is 20.7. The zero-order valence-electron chi connectivity index (χ0n) is 11.4. The molecule has 9 nitrogen and oxygen atoms in total. The highest BCUT2D eigenvalue weighted by molar-refractivity contribution is 7.99. The molecule has 0 bridgehead atoms. The Morgan fingerprint density at radius 1 is 1.50 bits per heavy atom. The van der Waals surface area contributed by atoms with Gasteiger partial charge in [0.15, 0.2) is 6.61 Å². The summed E-state index contributed by atoms with van der Waals surface area (Å²) in [5.74, 6) is -0.545. The van der Waals surface area contributed by atoms with E-state index in [0.717, 1.165) is 11.8 Å². The van der Waals surface area contributed by atoms with Crippen LogP contribution in [-0.2, 0) is 11.4 Å². The van der Waals surface area contributed by atoms with E-state index >= 15 is 0 Å². The minimum atomic E-state index is -0.984. The number of carboxylic acids is 1. The number of hydrogen-bond acceptors (Lipinski definition) is 8. The van der Waals surface area contributed by atoms with E-state index in [9.17, 15) is 14.9 Å². The van der Waals surface area contributed by atoms with Crippen molar-refractivity contribution in [2.24, 2.45) is 0 Å². The van der Waals surface area contributed by atoms with Crippen LogP contribution in [0.25, 0.3) is 0 Å². The molecule has 22 heavy (non-hydrogen) atoms. The van der Waals surface area contributed by atoms with Gasteiger partial charge in [0.2, 0.25) is 0 Å². The fraction of sp³-hybridized carbons (Fsp3) is 0.250. The maximum atomic E-state index is 10.7. The van der Waals surface area contributed by atoms with Gasteiger partial charge in [-0.1, -0.05) is 11.8 Å². The van der Waals surface area contributed by atoms with Crippen LogP contribution in [0, 0.1) is 17.0 Å². The van der Waals surface area contributed by atoms with Crippen LogP contribution in [0.4, 0.5) is 5.69 Å². The monoisotopic (exact) mass is 325 g/mol. The number of aliphatic carboxylic acids is 1. The second-order valence-corrected chi connectivity index (χ2v) is 5.06. The van der Waals surface area contributed by atoms with Crippen LogP contribution in [0.15, 0.2) is 27.8 Å². The molecular weight excluding hydrogens is 314 g/mol. The Kier molecular flexibility index (Phi) is 4.94. The third-order valence-electron chi connectivity index (χ3n) is 2.49. The third-order valence-corrected chi connectivity index (χ3v) is 3.30. The quantitative estimate of drug-likeness (QED) is 0.461. The molecule has 0 saturated carbocycles. The smallest absolute Gasteiger partial charge is 0.314 e. The van der Waals surface area contributed by atoms with Gasteiger partial charge in [-0.2, -0.15) is 0 Å². The first-order valence-corrected chi connectivity index (χ1v) is 6.99. The molecule has 116 valence electrons. The number of nitro groups is 1. The van der Waals surface area contributed by atoms with Crippen LogP contribution in [0.2, 0.25) is 0 Å². The minimum absolute atomic E-state index is 0.0116. The molecule has 10 heteroatoms. The lowest BCUT2D eigenvalue weighted by Crippen LogP contribution is -1.97. The summed E-state index contributed by atoms with van der Waals surface area (Å²) in [5.41, 5.74) is 0.489. The number of ether oxygens (including phenoxy) is 1. The lowest BCUT2D eigenvalue weighted by Gasteiger charge is -2.04. The molecule has 1 heterocycles. The number of nitrogens with zero attached hydrogens (tertiary/aromatic N) is 3. The summed E-state index contributed by atoms with van der Waals surface area (Å²) < 4.78 is 10.6. The first kappa shape index (κ1) is 15.8. The number of aryl methyl sites for hydroxylation is 1. The maximum Gasteiger partial charge on any atom is 0.314 e. The molecule has 0 aliphatic carbocycles. The number of thioether (sulfide) groups is 1. The Labute approximate surface area is 128 Å². The number of nitro benzene ring substituents is 1. The summed E-state index contributed by atoms with van der Waals surface area (Å²) in [6, 6.07) is 4.36. The largest absolute Gasteiger partial charge is 0.484 e. The fourth-order valence-electron chi connectivity index (χ4n) is 1.55. The van der Waals surface area contributed by atoms with Crippen molar-refractivity contribution < 1.29 is 24.0 Å². The lowest BCUT2D eigenvalue weighted by atomic mass is 10.2. The molecule has 0 unspecified atom stereocenters. The van der Waals surface area contributed by atoms with Crippen LogP contribution in [0.3, 0.4) is 0 Å². The van der Waals surface area contributed by atoms with E-state index in [-0.39, 0.29) is 29.2 Å². The molecule has 0 aliphatic heterocycles. The van der Waals surface area contributed by atoms with Gasteiger partial charge in [-0.25, -0.2) is 0 Å². The molecule has 0 radical (unpaired) electrons. The summed E-state index contributed by atoms with van der Waals surface area (Å²) in [5, 5.41) is 26.8. The third kappa shape index (κ3) is 4.19. The number of benzene rings is 1. The lowest BCUT2D eigenvalue weighted by molar-refractivity contribution is -0.385. The molecular formula is C12H11N3O6S. The molecule has 0 saturated heterocycles. The normalized spacial score (nSPS) is 10.4. The van der Waals surface area contributed by atoms with Crippen molar-refractivity contribution in [2.45, 2.75) is 18.8 Å². The second-order valence-electron chi connectivity index (χ2n) is 4.14. The first-order valence-electron chi connectivity index (χ1n) is 6.00. The highest BCUT2D eigenvalue weighted by Gasteiger charge is 2.12. The fourth-order valence-corrected chi connectivity index (χ4v) is 2.05. The summed E-state index contributed by atoms with van der Waals surface area (Å²) >= 11 is 0.908. The molecule has 0 spiro atoms. The zero-order valence-corrected chi connectivity index (χ0v) is 12.2. The van der Waals surface area contributed by atoms with Gasteiger partial charge in [0.05, 0.1) is 4.92 Å². The molecule has 1 aromatic heterocycles. The molecule has 1 aromatic carbocycles. The van der Waals surface area contributed by atoms with E-state index in [2.05, 4.69) is 10.2 Å². The molecule has 0 aliphatic rings. The number of carboxylic acid groups (broad SMARTS) is 1. The summed E-state index contributed by atoms with van der Waals surface area (Å²) in [6.07, 6.45) is 0. The van der Waals surface area contributed by atoms with Gasteiger partial charge in [-0.3, -0.25) is 14.9 Å². The van der Waals surface area contributed by atoms with Crippen LogP contribution in [0.5, 0.6) is 5.75 Å². The van der Waals surface area contributed by atoms with E-state index in [0.29, 0.717) is 11.3 Å². The minimum Gasteiger partial charge on any atom is -0.484 e. The second kappa shape index (κ2) is 6.89. The van der Waals surface area contributed by atoms with Gasteiger partial charge in [-0.15, -0.1) is 10.2 Å².